The Morgan fingerprint density at radius 1 is 0.740 bits per heavy atom. The molecule has 2 atom stereocenters. The third-order valence-corrected chi connectivity index (χ3v) is 10.1. The van der Waals surface area contributed by atoms with E-state index in [1.54, 1.807) is 12.1 Å². The van der Waals surface area contributed by atoms with Crippen LogP contribution in [0.15, 0.2) is 127 Å². The van der Waals surface area contributed by atoms with E-state index in [1.165, 1.54) is 28.5 Å². The number of rotatable bonds is 7. The lowest BCUT2D eigenvalue weighted by Gasteiger charge is -2.44. The summed E-state index contributed by atoms with van der Waals surface area (Å²) in [5.74, 6) is -0.502. The maximum atomic E-state index is 14.2. The average molecular weight is 660 g/mol. The van der Waals surface area contributed by atoms with Crippen molar-refractivity contribution in [1.82, 2.24) is 5.32 Å². The van der Waals surface area contributed by atoms with Crippen LogP contribution in [0.2, 0.25) is 0 Å². The predicted molar refractivity (Wildman–Crippen MR) is 195 cm³/mol. The van der Waals surface area contributed by atoms with Crippen LogP contribution < -0.4 is 19.9 Å². The number of imide groups is 2. The van der Waals surface area contributed by atoms with Crippen LogP contribution in [0, 0.1) is 6.92 Å². The summed E-state index contributed by atoms with van der Waals surface area (Å²) < 4.78 is 5.95. The van der Waals surface area contributed by atoms with E-state index in [2.05, 4.69) is 58.7 Å². The van der Waals surface area contributed by atoms with Gasteiger partial charge in [-0.15, -0.1) is 0 Å². The Bertz CT molecular complexity index is 2040. The second-order valence-corrected chi connectivity index (χ2v) is 13.3. The summed E-state index contributed by atoms with van der Waals surface area (Å²) in [4.78, 5) is 44.5. The van der Waals surface area contributed by atoms with Gasteiger partial charge >= 0.3 is 6.03 Å². The predicted octanol–water partition coefficient (Wildman–Crippen LogP) is 8.12. The molecule has 1 fully saturated rings. The highest BCUT2D eigenvalue weighted by atomic mass is 16.5. The molecular weight excluding hydrogens is 622 g/mol. The van der Waals surface area contributed by atoms with E-state index < -0.39 is 17.8 Å². The molecular formula is C43H37N3O4. The van der Waals surface area contributed by atoms with Gasteiger partial charge in [0.25, 0.3) is 11.8 Å². The number of ether oxygens (including phenoxy) is 1. The maximum absolute atomic E-state index is 14.2. The van der Waals surface area contributed by atoms with E-state index in [-0.39, 0.29) is 17.4 Å². The summed E-state index contributed by atoms with van der Waals surface area (Å²) >= 11 is 0. The SMILES string of the molecule is Cc1ccc(COc2ccc(/C=C3\C(=O)NC(=O)N(c4cc5c6c(c4)[C@@H](c4ccccc4)CCN6CC[C@@H]5c4ccccc4)C3=O)cc2)cc1. The Morgan fingerprint density at radius 2 is 1.32 bits per heavy atom. The Morgan fingerprint density at radius 3 is 1.90 bits per heavy atom. The number of anilines is 2. The quantitative estimate of drug-likeness (QED) is 0.141. The number of nitrogens with zero attached hydrogens (tertiary/aromatic N) is 2. The number of benzene rings is 5. The van der Waals surface area contributed by atoms with E-state index in [0.717, 1.165) is 47.5 Å². The van der Waals surface area contributed by atoms with Crippen LogP contribution in [0.4, 0.5) is 16.2 Å². The zero-order valence-corrected chi connectivity index (χ0v) is 27.8. The molecule has 5 aromatic carbocycles. The minimum absolute atomic E-state index is 0.0991. The number of carbonyl (C=O) groups is 3. The van der Waals surface area contributed by atoms with Crippen molar-refractivity contribution in [2.45, 2.75) is 38.2 Å². The van der Waals surface area contributed by atoms with E-state index >= 15 is 0 Å². The summed E-state index contributed by atoms with van der Waals surface area (Å²) in [6.07, 6.45) is 3.37. The van der Waals surface area contributed by atoms with Gasteiger partial charge in [0.1, 0.15) is 17.9 Å². The van der Waals surface area contributed by atoms with E-state index in [0.29, 0.717) is 23.6 Å². The summed E-state index contributed by atoms with van der Waals surface area (Å²) in [6.45, 7) is 4.33. The van der Waals surface area contributed by atoms with Crippen molar-refractivity contribution in [1.29, 1.82) is 0 Å². The number of hydrogen-bond donors (Lipinski definition) is 1. The van der Waals surface area contributed by atoms with Gasteiger partial charge in [-0.1, -0.05) is 103 Å². The molecule has 7 nitrogen and oxygen atoms in total. The standard InChI is InChI=1S/C43H37N3O4/c1-28-12-14-30(15-13-28)27-50-34-18-16-29(17-19-34)24-39-41(47)44-43(49)46(42(39)48)33-25-37-35(31-8-4-2-5-9-31)20-22-45-23-21-36(38(26-33)40(37)45)32-10-6-3-7-11-32/h2-19,24-26,35-36H,20-23,27H2,1H3,(H,44,47,49)/b39-24+/t35-,36-/m1/s1. The lowest BCUT2D eigenvalue weighted by molar-refractivity contribution is -0.122. The highest BCUT2D eigenvalue weighted by Gasteiger charge is 2.40. The first kappa shape index (κ1) is 31.3. The monoisotopic (exact) mass is 659 g/mol. The van der Waals surface area contributed by atoms with Crippen LogP contribution >= 0.6 is 0 Å². The molecule has 0 unspecified atom stereocenters. The van der Waals surface area contributed by atoms with E-state index in [9.17, 15) is 14.4 Å². The summed E-state index contributed by atoms with van der Waals surface area (Å²) in [6, 6.07) is 39.4. The molecule has 50 heavy (non-hydrogen) atoms. The molecule has 4 amide bonds. The fraction of sp³-hybridized carbons (Fsp3) is 0.186. The van der Waals surface area contributed by atoms with Gasteiger partial charge < -0.3 is 9.64 Å². The van der Waals surface area contributed by atoms with E-state index in [1.807, 2.05) is 67.6 Å². The molecule has 0 aliphatic carbocycles. The van der Waals surface area contributed by atoms with Crippen molar-refractivity contribution in [2.24, 2.45) is 0 Å². The molecule has 0 saturated carbocycles. The number of aryl methyl sites for hydroxylation is 1. The molecule has 0 spiro atoms. The Balaban J connectivity index is 1.15. The van der Waals surface area contributed by atoms with Gasteiger partial charge in [0, 0.05) is 30.6 Å². The van der Waals surface area contributed by atoms with Crippen LogP contribution in [0.1, 0.15) is 63.6 Å². The number of nitrogens with one attached hydrogen (secondary N) is 1. The first-order chi connectivity index (χ1) is 24.4. The molecule has 8 rings (SSSR count). The summed E-state index contributed by atoms with van der Waals surface area (Å²) in [5, 5.41) is 2.43. The number of carbonyl (C=O) groups excluding carboxylic acids is 3. The molecule has 7 heteroatoms. The van der Waals surface area contributed by atoms with Crippen LogP contribution in [-0.2, 0) is 16.2 Å². The molecule has 5 aromatic rings. The van der Waals surface area contributed by atoms with Crippen molar-refractivity contribution in [3.05, 3.63) is 166 Å². The minimum Gasteiger partial charge on any atom is -0.489 e. The lowest BCUT2D eigenvalue weighted by atomic mass is 9.76. The van der Waals surface area contributed by atoms with Crippen LogP contribution in [0.25, 0.3) is 6.08 Å². The van der Waals surface area contributed by atoms with Crippen molar-refractivity contribution in [3.8, 4) is 5.75 Å². The number of urea groups is 1. The number of amides is 4. The highest BCUT2D eigenvalue weighted by molar-refractivity contribution is 6.39. The van der Waals surface area contributed by atoms with Crippen molar-refractivity contribution in [3.63, 3.8) is 0 Å². The second kappa shape index (κ2) is 13.2. The molecule has 0 aromatic heterocycles. The third kappa shape index (κ3) is 5.96. The van der Waals surface area contributed by atoms with Gasteiger partial charge in [-0.3, -0.25) is 14.9 Å². The van der Waals surface area contributed by atoms with Crippen LogP contribution in [-0.4, -0.2) is 30.9 Å². The second-order valence-electron chi connectivity index (χ2n) is 13.3. The Kier molecular flexibility index (Phi) is 8.25. The minimum atomic E-state index is -0.750. The fourth-order valence-electron chi connectivity index (χ4n) is 7.54. The summed E-state index contributed by atoms with van der Waals surface area (Å²) in [7, 11) is 0. The third-order valence-electron chi connectivity index (χ3n) is 10.1. The normalized spacial score (nSPS) is 19.3. The highest BCUT2D eigenvalue weighted by Crippen LogP contribution is 2.50. The van der Waals surface area contributed by atoms with Gasteiger partial charge in [-0.05, 0) is 83.5 Å². The Hall–Kier alpha value is -5.95. The van der Waals surface area contributed by atoms with Crippen LogP contribution in [0.5, 0.6) is 5.75 Å². The van der Waals surface area contributed by atoms with Gasteiger partial charge in [0.15, 0.2) is 0 Å². The van der Waals surface area contributed by atoms with Crippen molar-refractivity contribution < 1.29 is 19.1 Å². The molecule has 3 aliphatic heterocycles. The molecule has 0 bridgehead atoms. The van der Waals surface area contributed by atoms with Crippen molar-refractivity contribution >= 4 is 35.3 Å². The fourth-order valence-corrected chi connectivity index (χ4v) is 7.54. The number of hydrogen-bond acceptors (Lipinski definition) is 5. The smallest absolute Gasteiger partial charge is 0.335 e. The van der Waals surface area contributed by atoms with Crippen molar-refractivity contribution in [2.75, 3.05) is 22.9 Å². The molecule has 1 saturated heterocycles. The first-order valence-corrected chi connectivity index (χ1v) is 17.2. The van der Waals surface area contributed by atoms with Crippen LogP contribution in [0.3, 0.4) is 0 Å². The largest absolute Gasteiger partial charge is 0.489 e. The maximum Gasteiger partial charge on any atom is 0.335 e. The lowest BCUT2D eigenvalue weighted by Crippen LogP contribution is -2.54. The Labute approximate surface area is 291 Å². The zero-order chi connectivity index (χ0) is 34.2. The summed E-state index contributed by atoms with van der Waals surface area (Å²) in [5.41, 5.74) is 9.03. The first-order valence-electron chi connectivity index (χ1n) is 17.2. The molecule has 1 N–H and O–H groups in total. The van der Waals surface area contributed by atoms with E-state index in [4.69, 9.17) is 4.74 Å². The van der Waals surface area contributed by atoms with Gasteiger partial charge in [0.05, 0.1) is 5.69 Å². The van der Waals surface area contributed by atoms with Gasteiger partial charge in [-0.2, -0.15) is 0 Å². The van der Waals surface area contributed by atoms with Gasteiger partial charge in [-0.25, -0.2) is 9.69 Å². The zero-order valence-electron chi connectivity index (χ0n) is 27.8. The average Bonchev–Trinajstić information content (AvgIpc) is 3.14. The molecule has 3 heterocycles. The molecule has 3 aliphatic rings. The topological polar surface area (TPSA) is 79.0 Å². The number of barbiturate groups is 1. The van der Waals surface area contributed by atoms with Gasteiger partial charge in [0.2, 0.25) is 0 Å². The molecule has 0 radical (unpaired) electrons. The molecule has 248 valence electrons.